The lowest BCUT2D eigenvalue weighted by Crippen LogP contribution is -2.26. The van der Waals surface area contributed by atoms with Crippen molar-refractivity contribution in [2.75, 3.05) is 37.9 Å². The van der Waals surface area contributed by atoms with Crippen molar-refractivity contribution in [1.82, 2.24) is 20.0 Å². The maximum atomic E-state index is 11.0. The van der Waals surface area contributed by atoms with E-state index in [1.165, 1.54) is 5.56 Å². The van der Waals surface area contributed by atoms with E-state index < -0.39 is 11.3 Å². The van der Waals surface area contributed by atoms with Crippen molar-refractivity contribution < 1.29 is 18.2 Å². The molecule has 2 heterocycles. The normalized spacial score (nSPS) is 14.8. The van der Waals surface area contributed by atoms with Gasteiger partial charge in [-0.25, -0.2) is 13.9 Å². The number of anilines is 4. The summed E-state index contributed by atoms with van der Waals surface area (Å²) in [5, 5.41) is 9.89. The van der Waals surface area contributed by atoms with Crippen LogP contribution in [-0.2, 0) is 17.8 Å². The van der Waals surface area contributed by atoms with Crippen LogP contribution in [0.2, 0.25) is 0 Å². The summed E-state index contributed by atoms with van der Waals surface area (Å²) in [5.41, 5.74) is 3.54. The zero-order valence-electron chi connectivity index (χ0n) is 19.7. The largest absolute Gasteiger partial charge is 0.495 e. The third-order valence-electron chi connectivity index (χ3n) is 5.91. The van der Waals surface area contributed by atoms with Crippen LogP contribution in [0.3, 0.4) is 0 Å². The molecule has 0 saturated carbocycles. The quantitative estimate of drug-likeness (QED) is 0.266. The fourth-order valence-corrected chi connectivity index (χ4v) is 4.35. The molecular formula is C24H30N6O4S. The predicted molar refractivity (Wildman–Crippen MR) is 137 cm³/mol. The van der Waals surface area contributed by atoms with Gasteiger partial charge in [-0.3, -0.25) is 4.55 Å². The molecule has 1 aliphatic heterocycles. The van der Waals surface area contributed by atoms with Crippen LogP contribution >= 0.6 is 0 Å². The SMILES string of the molecule is COc1cc(C2CCNCC2)ccc1Nc1ncc(OC)c(Nc2ccccc2CNS(=O)O)n1. The van der Waals surface area contributed by atoms with Crippen LogP contribution in [0, 0.1) is 0 Å². The smallest absolute Gasteiger partial charge is 0.232 e. The maximum absolute atomic E-state index is 11.0. The number of aromatic nitrogens is 2. The van der Waals surface area contributed by atoms with Crippen LogP contribution in [0.15, 0.2) is 48.7 Å². The first-order chi connectivity index (χ1) is 17.1. The van der Waals surface area contributed by atoms with E-state index in [1.54, 1.807) is 20.4 Å². The molecule has 11 heteroatoms. The highest BCUT2D eigenvalue weighted by molar-refractivity contribution is 7.77. The second-order valence-electron chi connectivity index (χ2n) is 8.07. The first kappa shape index (κ1) is 24.9. The predicted octanol–water partition coefficient (Wildman–Crippen LogP) is 3.67. The number of methoxy groups -OCH3 is 2. The molecule has 0 aliphatic carbocycles. The number of hydrogen-bond donors (Lipinski definition) is 5. The van der Waals surface area contributed by atoms with E-state index in [0.717, 1.165) is 48.6 Å². The topological polar surface area (TPSA) is 130 Å². The molecule has 10 nitrogen and oxygen atoms in total. The molecule has 4 rings (SSSR count). The molecule has 1 unspecified atom stereocenters. The number of hydrogen-bond acceptors (Lipinski definition) is 8. The molecule has 1 saturated heterocycles. The van der Waals surface area contributed by atoms with Crippen molar-refractivity contribution in [3.63, 3.8) is 0 Å². The van der Waals surface area contributed by atoms with Crippen molar-refractivity contribution in [3.8, 4) is 11.5 Å². The van der Waals surface area contributed by atoms with Gasteiger partial charge < -0.3 is 25.4 Å². The summed E-state index contributed by atoms with van der Waals surface area (Å²) < 4.78 is 33.7. The highest BCUT2D eigenvalue weighted by Crippen LogP contribution is 2.34. The van der Waals surface area contributed by atoms with E-state index in [9.17, 15) is 4.21 Å². The minimum absolute atomic E-state index is 0.200. The molecule has 1 fully saturated rings. The highest BCUT2D eigenvalue weighted by Gasteiger charge is 2.18. The van der Waals surface area contributed by atoms with Crippen LogP contribution in [0.1, 0.15) is 29.9 Å². The second kappa shape index (κ2) is 11.9. The van der Waals surface area contributed by atoms with Crippen LogP contribution < -0.4 is 30.1 Å². The van der Waals surface area contributed by atoms with E-state index in [0.29, 0.717) is 23.4 Å². The summed E-state index contributed by atoms with van der Waals surface area (Å²) in [6.45, 7) is 2.25. The molecule has 35 heavy (non-hydrogen) atoms. The van der Waals surface area contributed by atoms with Gasteiger partial charge in [0.2, 0.25) is 17.2 Å². The van der Waals surface area contributed by atoms with Crippen molar-refractivity contribution >= 4 is 34.4 Å². The van der Waals surface area contributed by atoms with Gasteiger partial charge in [0, 0.05) is 12.2 Å². The third-order valence-corrected chi connectivity index (χ3v) is 6.31. The monoisotopic (exact) mass is 498 g/mol. The van der Waals surface area contributed by atoms with E-state index in [4.69, 9.17) is 14.0 Å². The zero-order valence-corrected chi connectivity index (χ0v) is 20.5. The molecule has 5 N–H and O–H groups in total. The molecule has 0 radical (unpaired) electrons. The summed E-state index contributed by atoms with van der Waals surface area (Å²) in [4.78, 5) is 8.99. The Morgan fingerprint density at radius 1 is 1.06 bits per heavy atom. The molecule has 0 amide bonds. The second-order valence-corrected chi connectivity index (χ2v) is 8.86. The molecule has 3 aromatic rings. The highest BCUT2D eigenvalue weighted by atomic mass is 32.2. The maximum Gasteiger partial charge on any atom is 0.232 e. The van der Waals surface area contributed by atoms with Crippen molar-refractivity contribution in [1.29, 1.82) is 0 Å². The summed E-state index contributed by atoms with van der Waals surface area (Å²) in [6.07, 6.45) is 3.80. The van der Waals surface area contributed by atoms with Gasteiger partial charge in [-0.2, -0.15) is 4.98 Å². The standard InChI is InChI=1S/C24H30N6O4S/c1-33-21-13-17(16-9-11-25-12-10-16)7-8-20(21)29-24-26-15-22(34-2)23(30-24)28-19-6-4-3-5-18(19)14-27-35(31)32/h3-8,13,15-16,25,27H,9-12,14H2,1-2H3,(H,31,32)(H2,26,28,29,30). The molecule has 0 bridgehead atoms. The summed E-state index contributed by atoms with van der Waals surface area (Å²) in [5.74, 6) is 2.52. The van der Waals surface area contributed by atoms with Gasteiger partial charge in [0.1, 0.15) is 5.75 Å². The lowest BCUT2D eigenvalue weighted by Gasteiger charge is -2.24. The first-order valence-electron chi connectivity index (χ1n) is 11.3. The number of ether oxygens (including phenoxy) is 2. The van der Waals surface area contributed by atoms with E-state index >= 15 is 0 Å². The first-order valence-corrected chi connectivity index (χ1v) is 12.4. The van der Waals surface area contributed by atoms with E-state index in [2.05, 4.69) is 42.8 Å². The average Bonchev–Trinajstić information content (AvgIpc) is 2.89. The van der Waals surface area contributed by atoms with E-state index in [1.807, 2.05) is 30.3 Å². The minimum atomic E-state index is -2.11. The summed E-state index contributed by atoms with van der Waals surface area (Å²) in [6, 6.07) is 13.6. The number of nitrogens with zero attached hydrogens (tertiary/aromatic N) is 2. The Kier molecular flexibility index (Phi) is 8.48. The molecule has 1 aromatic heterocycles. The number of benzene rings is 2. The molecule has 1 aliphatic rings. The Morgan fingerprint density at radius 2 is 1.83 bits per heavy atom. The van der Waals surface area contributed by atoms with E-state index in [-0.39, 0.29) is 6.54 Å². The lowest BCUT2D eigenvalue weighted by atomic mass is 9.90. The Balaban J connectivity index is 1.56. The Hall–Kier alpha value is -3.25. The average molecular weight is 499 g/mol. The van der Waals surface area contributed by atoms with Gasteiger partial charge >= 0.3 is 0 Å². The minimum Gasteiger partial charge on any atom is -0.495 e. The van der Waals surface area contributed by atoms with Crippen LogP contribution in [0.25, 0.3) is 0 Å². The van der Waals surface area contributed by atoms with Crippen LogP contribution in [0.5, 0.6) is 11.5 Å². The van der Waals surface area contributed by atoms with Gasteiger partial charge in [0.15, 0.2) is 11.6 Å². The van der Waals surface area contributed by atoms with Crippen LogP contribution in [-0.4, -0.2) is 46.0 Å². The lowest BCUT2D eigenvalue weighted by molar-refractivity contribution is 0.412. The van der Waals surface area contributed by atoms with Gasteiger partial charge in [0.25, 0.3) is 0 Å². The molecule has 186 valence electrons. The molecular weight excluding hydrogens is 468 g/mol. The fourth-order valence-electron chi connectivity index (χ4n) is 4.07. The van der Waals surface area contributed by atoms with Crippen molar-refractivity contribution in [2.24, 2.45) is 0 Å². The third kappa shape index (κ3) is 6.45. The number of para-hydroxylation sites is 1. The number of rotatable bonds is 10. The zero-order chi connectivity index (χ0) is 24.6. The summed E-state index contributed by atoms with van der Waals surface area (Å²) >= 11 is -2.11. The Labute approximate surface area is 207 Å². The van der Waals surface area contributed by atoms with Gasteiger partial charge in [-0.1, -0.05) is 24.3 Å². The Morgan fingerprint density at radius 3 is 2.57 bits per heavy atom. The molecule has 2 aromatic carbocycles. The van der Waals surface area contributed by atoms with Gasteiger partial charge in [-0.05, 0) is 61.2 Å². The number of nitrogens with one attached hydrogen (secondary N) is 4. The fraction of sp³-hybridized carbons (Fsp3) is 0.333. The van der Waals surface area contributed by atoms with Crippen molar-refractivity contribution in [3.05, 3.63) is 59.8 Å². The van der Waals surface area contributed by atoms with Gasteiger partial charge in [-0.15, -0.1) is 0 Å². The Bertz CT molecular complexity index is 1170. The summed E-state index contributed by atoms with van der Waals surface area (Å²) in [7, 11) is 3.20. The van der Waals surface area contributed by atoms with Gasteiger partial charge in [0.05, 0.1) is 26.1 Å². The molecule has 1 atom stereocenters. The van der Waals surface area contributed by atoms with Crippen molar-refractivity contribution in [2.45, 2.75) is 25.3 Å². The molecule has 0 spiro atoms. The number of piperidine rings is 1. The van der Waals surface area contributed by atoms with Crippen LogP contribution in [0.4, 0.5) is 23.1 Å².